The number of rotatable bonds is 15. The molecule has 3 aromatic rings. The number of para-hydroxylation sites is 1. The molecule has 6 heteroatoms. The molecule has 0 radical (unpaired) electrons. The molecule has 36 heavy (non-hydrogen) atoms. The summed E-state index contributed by atoms with van der Waals surface area (Å²) in [4.78, 5) is 30.3. The summed E-state index contributed by atoms with van der Waals surface area (Å²) in [6, 6.07) is 15.6. The van der Waals surface area contributed by atoms with Crippen LogP contribution in [-0.2, 0) is 22.4 Å². The van der Waals surface area contributed by atoms with Gasteiger partial charge in [0, 0.05) is 30.2 Å². The number of ether oxygens (including phenoxy) is 1. The van der Waals surface area contributed by atoms with Crippen LogP contribution in [0.2, 0.25) is 0 Å². The number of nitrogens with zero attached hydrogens (tertiary/aromatic N) is 1. The number of unbranched alkanes of at least 4 members (excludes halogenated alkanes) is 4. The van der Waals surface area contributed by atoms with Gasteiger partial charge in [-0.15, -0.1) is 0 Å². The molecule has 0 aliphatic carbocycles. The number of carboxylic acid groups (broad SMARTS) is 1. The van der Waals surface area contributed by atoms with Gasteiger partial charge in [0.25, 0.3) is 0 Å². The van der Waals surface area contributed by atoms with Crippen molar-refractivity contribution in [1.82, 2.24) is 9.88 Å². The normalized spacial score (nSPS) is 12.9. The third-order valence-corrected chi connectivity index (χ3v) is 6.94. The highest BCUT2D eigenvalue weighted by Gasteiger charge is 2.33. The minimum atomic E-state index is -1.27. The van der Waals surface area contributed by atoms with E-state index in [0.717, 1.165) is 41.4 Å². The number of carbonyl (C=O) groups excluding carboxylic acids is 1. The average molecular weight is 493 g/mol. The van der Waals surface area contributed by atoms with E-state index in [1.165, 1.54) is 19.3 Å². The average Bonchev–Trinajstić information content (AvgIpc) is 3.28. The fourth-order valence-corrected chi connectivity index (χ4v) is 4.38. The van der Waals surface area contributed by atoms with Crippen molar-refractivity contribution in [2.45, 2.75) is 77.7 Å². The number of carboxylic acids is 1. The van der Waals surface area contributed by atoms with Gasteiger partial charge in [0.2, 0.25) is 11.5 Å². The summed E-state index contributed by atoms with van der Waals surface area (Å²) in [5.74, 6) is -0.310. The molecule has 0 saturated heterocycles. The van der Waals surface area contributed by atoms with E-state index in [1.54, 1.807) is 19.9 Å². The first-order valence-electron chi connectivity index (χ1n) is 13.2. The lowest BCUT2D eigenvalue weighted by atomic mass is 10.0. The third-order valence-electron chi connectivity index (χ3n) is 6.94. The van der Waals surface area contributed by atoms with Crippen LogP contribution < -0.4 is 4.74 Å². The highest BCUT2D eigenvalue weighted by molar-refractivity contribution is 5.88. The van der Waals surface area contributed by atoms with Crippen molar-refractivity contribution in [1.29, 1.82) is 0 Å². The second-order valence-corrected chi connectivity index (χ2v) is 9.72. The van der Waals surface area contributed by atoms with Crippen molar-refractivity contribution in [3.63, 3.8) is 0 Å². The van der Waals surface area contributed by atoms with Crippen molar-refractivity contribution < 1.29 is 19.4 Å². The molecule has 0 bridgehead atoms. The summed E-state index contributed by atoms with van der Waals surface area (Å²) in [6.07, 6.45) is 9.09. The summed E-state index contributed by atoms with van der Waals surface area (Å²) in [7, 11) is 0. The second-order valence-electron chi connectivity index (χ2n) is 9.72. The first kappa shape index (κ1) is 27.3. The van der Waals surface area contributed by atoms with E-state index in [0.29, 0.717) is 31.6 Å². The van der Waals surface area contributed by atoms with Gasteiger partial charge in [-0.3, -0.25) is 4.79 Å². The predicted molar refractivity (Wildman–Crippen MR) is 144 cm³/mol. The lowest BCUT2D eigenvalue weighted by Crippen LogP contribution is -2.40. The minimum absolute atomic E-state index is 0.132. The maximum atomic E-state index is 13.4. The van der Waals surface area contributed by atoms with Crippen LogP contribution in [0.4, 0.5) is 0 Å². The van der Waals surface area contributed by atoms with Gasteiger partial charge in [-0.2, -0.15) is 0 Å². The van der Waals surface area contributed by atoms with Crippen LogP contribution in [0.15, 0.2) is 54.7 Å². The third kappa shape index (κ3) is 7.36. The Labute approximate surface area is 214 Å². The van der Waals surface area contributed by atoms with Crippen molar-refractivity contribution in [3.8, 4) is 5.75 Å². The highest BCUT2D eigenvalue weighted by Crippen LogP contribution is 2.23. The number of nitrogens with one attached hydrogen (secondary N) is 1. The van der Waals surface area contributed by atoms with Gasteiger partial charge in [0.15, 0.2) is 0 Å². The number of fused-ring (bicyclic) bond motifs is 1. The highest BCUT2D eigenvalue weighted by atomic mass is 16.5. The first-order valence-corrected chi connectivity index (χ1v) is 13.2. The Morgan fingerprint density at radius 3 is 2.53 bits per heavy atom. The number of aromatic nitrogens is 1. The summed E-state index contributed by atoms with van der Waals surface area (Å²) < 4.78 is 5.84. The zero-order valence-corrected chi connectivity index (χ0v) is 21.9. The molecule has 1 amide bonds. The Balaban J connectivity index is 1.68. The molecule has 6 nitrogen and oxygen atoms in total. The molecule has 1 unspecified atom stereocenters. The topological polar surface area (TPSA) is 82.6 Å². The van der Waals surface area contributed by atoms with Gasteiger partial charge in [-0.1, -0.05) is 69.9 Å². The summed E-state index contributed by atoms with van der Waals surface area (Å²) >= 11 is 0. The fourth-order valence-electron chi connectivity index (χ4n) is 4.38. The molecule has 3 rings (SSSR count). The van der Waals surface area contributed by atoms with Crippen LogP contribution >= 0.6 is 0 Å². The quantitative estimate of drug-likeness (QED) is 0.241. The number of aromatic amines is 1. The van der Waals surface area contributed by atoms with E-state index in [4.69, 9.17) is 4.74 Å². The Hall–Kier alpha value is -3.28. The van der Waals surface area contributed by atoms with Gasteiger partial charge in [0.1, 0.15) is 5.75 Å². The molecule has 1 aromatic heterocycles. The Kier molecular flexibility index (Phi) is 9.97. The van der Waals surface area contributed by atoms with E-state index in [1.807, 2.05) is 47.5 Å². The van der Waals surface area contributed by atoms with Crippen LogP contribution in [0, 0.1) is 0 Å². The zero-order valence-electron chi connectivity index (χ0n) is 21.9. The number of hydrogen-bond donors (Lipinski definition) is 2. The van der Waals surface area contributed by atoms with E-state index in [-0.39, 0.29) is 5.91 Å². The number of carbonyl (C=O) groups is 2. The zero-order chi connectivity index (χ0) is 26.0. The van der Waals surface area contributed by atoms with Crippen LogP contribution in [0.3, 0.4) is 0 Å². The molecule has 2 N–H and O–H groups in total. The molecular formula is C30H40N2O4. The minimum Gasteiger partial charge on any atom is -0.478 e. The molecule has 0 spiro atoms. The Morgan fingerprint density at radius 1 is 1.00 bits per heavy atom. The van der Waals surface area contributed by atoms with E-state index in [2.05, 4.69) is 18.0 Å². The Bertz CT molecular complexity index is 1140. The van der Waals surface area contributed by atoms with Crippen molar-refractivity contribution in [2.75, 3.05) is 13.1 Å². The molecule has 0 aliphatic rings. The molecule has 0 saturated carbocycles. The number of aliphatic carboxylic acids is 1. The largest absolute Gasteiger partial charge is 0.478 e. The maximum Gasteiger partial charge on any atom is 0.347 e. The van der Waals surface area contributed by atoms with Crippen LogP contribution in [0.1, 0.15) is 70.4 Å². The van der Waals surface area contributed by atoms with Crippen LogP contribution in [0.25, 0.3) is 10.9 Å². The smallest absolute Gasteiger partial charge is 0.347 e. The fraction of sp³-hybridized carbons (Fsp3) is 0.467. The standard InChI is InChI=1S/C30H40N2O4/c1-4-6-7-8-11-18-32(28(33)21-24-22-31-27-16-10-9-15-26(24)27)19-17-23-13-12-14-25(20-23)36-30(3,5-2)29(34)35/h9-10,12-16,20,22,31H,4-8,11,17-19,21H2,1-3H3,(H,34,35). The number of hydrogen-bond acceptors (Lipinski definition) is 3. The molecule has 194 valence electrons. The molecular weight excluding hydrogens is 452 g/mol. The van der Waals surface area contributed by atoms with Crippen LogP contribution in [-0.4, -0.2) is 45.6 Å². The predicted octanol–water partition coefficient (Wildman–Crippen LogP) is 6.38. The monoisotopic (exact) mass is 492 g/mol. The van der Waals surface area contributed by atoms with Gasteiger partial charge < -0.3 is 19.7 Å². The summed E-state index contributed by atoms with van der Waals surface area (Å²) in [6.45, 7) is 6.95. The molecule has 0 aliphatic heterocycles. The molecule has 1 heterocycles. The van der Waals surface area contributed by atoms with E-state index >= 15 is 0 Å². The summed E-state index contributed by atoms with van der Waals surface area (Å²) in [5.41, 5.74) is 1.82. The second kappa shape index (κ2) is 13.1. The molecule has 1 atom stereocenters. The Morgan fingerprint density at radius 2 is 1.78 bits per heavy atom. The molecule has 2 aromatic carbocycles. The molecule has 0 fully saturated rings. The lowest BCUT2D eigenvalue weighted by molar-refractivity contribution is -0.154. The van der Waals surface area contributed by atoms with E-state index < -0.39 is 11.6 Å². The number of amides is 1. The maximum absolute atomic E-state index is 13.4. The lowest BCUT2D eigenvalue weighted by Gasteiger charge is -2.25. The van der Waals surface area contributed by atoms with Gasteiger partial charge in [-0.25, -0.2) is 4.79 Å². The van der Waals surface area contributed by atoms with Crippen LogP contribution in [0.5, 0.6) is 5.75 Å². The van der Waals surface area contributed by atoms with Gasteiger partial charge in [0.05, 0.1) is 6.42 Å². The summed E-state index contributed by atoms with van der Waals surface area (Å²) in [5, 5.41) is 10.6. The van der Waals surface area contributed by atoms with Crippen molar-refractivity contribution in [3.05, 3.63) is 65.9 Å². The first-order chi connectivity index (χ1) is 17.4. The van der Waals surface area contributed by atoms with Gasteiger partial charge >= 0.3 is 5.97 Å². The van der Waals surface area contributed by atoms with Crippen molar-refractivity contribution >= 4 is 22.8 Å². The van der Waals surface area contributed by atoms with E-state index in [9.17, 15) is 14.7 Å². The van der Waals surface area contributed by atoms with Gasteiger partial charge in [-0.05, 0) is 55.5 Å². The number of benzene rings is 2. The SMILES string of the molecule is CCCCCCCN(CCc1cccc(OC(C)(CC)C(=O)O)c1)C(=O)Cc1c[nH]c2ccccc12. The number of H-pyrrole nitrogens is 1. The van der Waals surface area contributed by atoms with Crippen molar-refractivity contribution in [2.24, 2.45) is 0 Å².